The van der Waals surface area contributed by atoms with Gasteiger partial charge in [0.05, 0.1) is 0 Å². The minimum absolute atomic E-state index is 0.000952. The molecule has 2 fully saturated rings. The van der Waals surface area contributed by atoms with Gasteiger partial charge in [0, 0.05) is 38.4 Å². The average molecular weight is 436 g/mol. The second kappa shape index (κ2) is 8.77. The van der Waals surface area contributed by atoms with Crippen molar-refractivity contribution in [3.8, 4) is 0 Å². The Kier molecular flexibility index (Phi) is 6.10. The molecule has 1 N–H and O–H groups in total. The number of furan rings is 1. The van der Waals surface area contributed by atoms with Crippen LogP contribution in [-0.2, 0) is 10.0 Å². The summed E-state index contributed by atoms with van der Waals surface area (Å²) < 4.78 is 45.2. The summed E-state index contributed by atoms with van der Waals surface area (Å²) in [7, 11) is -3.69. The van der Waals surface area contributed by atoms with Crippen molar-refractivity contribution in [3.05, 3.63) is 48.0 Å². The quantitative estimate of drug-likeness (QED) is 0.755. The van der Waals surface area contributed by atoms with E-state index in [0.29, 0.717) is 19.6 Å². The number of halogens is 1. The molecule has 1 unspecified atom stereocenters. The van der Waals surface area contributed by atoms with Crippen LogP contribution in [0.5, 0.6) is 0 Å². The van der Waals surface area contributed by atoms with Gasteiger partial charge in [-0.2, -0.15) is 4.31 Å². The number of nitrogens with one attached hydrogen (secondary N) is 1. The zero-order valence-corrected chi connectivity index (χ0v) is 17.5. The highest BCUT2D eigenvalue weighted by atomic mass is 32.2. The van der Waals surface area contributed by atoms with Crippen molar-refractivity contribution in [2.45, 2.75) is 30.8 Å². The molecule has 0 spiro atoms. The third-order valence-electron chi connectivity index (χ3n) is 5.74. The first-order valence-corrected chi connectivity index (χ1v) is 11.8. The topological polar surface area (TPSA) is 82.9 Å². The summed E-state index contributed by atoms with van der Waals surface area (Å²) >= 11 is 0. The molecule has 1 aromatic heterocycles. The average Bonchev–Trinajstić information content (AvgIpc) is 3.44. The van der Waals surface area contributed by atoms with Gasteiger partial charge in [-0.25, -0.2) is 12.8 Å². The van der Waals surface area contributed by atoms with Gasteiger partial charge in [0.15, 0.2) is 5.76 Å². The highest BCUT2D eigenvalue weighted by molar-refractivity contribution is 7.89. The maximum Gasteiger partial charge on any atom is 0.287 e. The van der Waals surface area contributed by atoms with E-state index in [0.717, 1.165) is 44.5 Å². The molecule has 0 bridgehead atoms. The molecule has 0 radical (unpaired) electrons. The zero-order chi connectivity index (χ0) is 21.1. The van der Waals surface area contributed by atoms with Gasteiger partial charge in [-0.3, -0.25) is 4.79 Å². The van der Waals surface area contributed by atoms with Gasteiger partial charge in [-0.05, 0) is 61.6 Å². The molecule has 1 aromatic carbocycles. The fourth-order valence-electron chi connectivity index (χ4n) is 4.02. The first kappa shape index (κ1) is 20.9. The van der Waals surface area contributed by atoms with Crippen molar-refractivity contribution < 1.29 is 22.0 Å². The summed E-state index contributed by atoms with van der Waals surface area (Å²) in [5.41, 5.74) is 0.962. The second-order valence-electron chi connectivity index (χ2n) is 7.87. The summed E-state index contributed by atoms with van der Waals surface area (Å²) in [5.74, 6) is -0.429. The molecule has 9 heteroatoms. The van der Waals surface area contributed by atoms with Crippen LogP contribution in [0.2, 0.25) is 0 Å². The first-order chi connectivity index (χ1) is 14.4. The highest BCUT2D eigenvalue weighted by Gasteiger charge is 2.30. The third-order valence-corrected chi connectivity index (χ3v) is 7.52. The molecule has 2 saturated heterocycles. The van der Waals surface area contributed by atoms with Gasteiger partial charge in [-0.15, -0.1) is 0 Å². The number of sulfonamides is 1. The van der Waals surface area contributed by atoms with E-state index in [1.165, 1.54) is 28.6 Å². The Labute approximate surface area is 175 Å². The number of piperidine rings is 1. The Balaban J connectivity index is 1.31. The molecular formula is C21H26FN3O4S. The van der Waals surface area contributed by atoms with Crippen LogP contribution in [-0.4, -0.2) is 51.4 Å². The van der Waals surface area contributed by atoms with Crippen LogP contribution in [0.15, 0.2) is 45.9 Å². The lowest BCUT2D eigenvalue weighted by Crippen LogP contribution is -2.35. The van der Waals surface area contributed by atoms with Crippen LogP contribution in [0.4, 0.5) is 10.1 Å². The summed E-state index contributed by atoms with van der Waals surface area (Å²) in [5, 5.41) is 2.66. The fraction of sp³-hybridized carbons (Fsp3) is 0.476. The van der Waals surface area contributed by atoms with Gasteiger partial charge >= 0.3 is 0 Å². The Morgan fingerprint density at radius 1 is 1.07 bits per heavy atom. The molecule has 162 valence electrons. The van der Waals surface area contributed by atoms with E-state index < -0.39 is 15.9 Å². The van der Waals surface area contributed by atoms with Crippen molar-refractivity contribution in [1.29, 1.82) is 0 Å². The zero-order valence-electron chi connectivity index (χ0n) is 16.7. The van der Waals surface area contributed by atoms with Crippen LogP contribution in [0.25, 0.3) is 0 Å². The van der Waals surface area contributed by atoms with E-state index in [9.17, 15) is 17.6 Å². The largest absolute Gasteiger partial charge is 0.438 e. The predicted octanol–water partition coefficient (Wildman–Crippen LogP) is 2.85. The highest BCUT2D eigenvalue weighted by Crippen LogP contribution is 2.25. The Morgan fingerprint density at radius 2 is 1.80 bits per heavy atom. The number of hydrogen-bond acceptors (Lipinski definition) is 5. The number of anilines is 1. The standard InChI is InChI=1S/C21H26FN3O4S/c22-17-4-6-18(7-5-17)24-13-10-16(15-24)14-23-21(26)19-8-9-20(29-19)30(27,28)25-11-2-1-3-12-25/h4-9,16H,1-3,10-15H2,(H,23,26). The summed E-state index contributed by atoms with van der Waals surface area (Å²) in [6, 6.07) is 9.15. The van der Waals surface area contributed by atoms with Crippen LogP contribution in [0.1, 0.15) is 36.2 Å². The van der Waals surface area contributed by atoms with Crippen LogP contribution in [0.3, 0.4) is 0 Å². The fourth-order valence-corrected chi connectivity index (χ4v) is 5.45. The molecule has 2 aromatic rings. The molecular weight excluding hydrogens is 409 g/mol. The summed E-state index contributed by atoms with van der Waals surface area (Å²) in [4.78, 5) is 14.6. The van der Waals surface area contributed by atoms with E-state index in [2.05, 4.69) is 10.2 Å². The molecule has 1 amide bonds. The smallest absolute Gasteiger partial charge is 0.287 e. The lowest BCUT2D eigenvalue weighted by atomic mass is 10.1. The van der Waals surface area contributed by atoms with Crippen molar-refractivity contribution in [1.82, 2.24) is 9.62 Å². The number of nitrogens with zero attached hydrogens (tertiary/aromatic N) is 2. The van der Waals surface area contributed by atoms with Gasteiger partial charge in [-0.1, -0.05) is 6.42 Å². The van der Waals surface area contributed by atoms with E-state index in [-0.39, 0.29) is 22.6 Å². The van der Waals surface area contributed by atoms with Crippen LogP contribution in [0, 0.1) is 11.7 Å². The van der Waals surface area contributed by atoms with Crippen LogP contribution < -0.4 is 10.2 Å². The lowest BCUT2D eigenvalue weighted by molar-refractivity contribution is 0.0915. The lowest BCUT2D eigenvalue weighted by Gasteiger charge is -2.24. The molecule has 3 heterocycles. The van der Waals surface area contributed by atoms with Crippen molar-refractivity contribution >= 4 is 21.6 Å². The van der Waals surface area contributed by atoms with Gasteiger partial charge in [0.2, 0.25) is 5.09 Å². The number of carbonyl (C=O) groups excluding carboxylic acids is 1. The molecule has 0 aliphatic carbocycles. The first-order valence-electron chi connectivity index (χ1n) is 10.3. The van der Waals surface area contributed by atoms with E-state index in [1.807, 2.05) is 0 Å². The number of rotatable bonds is 6. The maximum atomic E-state index is 13.1. The van der Waals surface area contributed by atoms with Crippen molar-refractivity contribution in [3.63, 3.8) is 0 Å². The van der Waals surface area contributed by atoms with Gasteiger partial charge in [0.1, 0.15) is 5.82 Å². The predicted molar refractivity (Wildman–Crippen MR) is 110 cm³/mol. The van der Waals surface area contributed by atoms with E-state index >= 15 is 0 Å². The normalized spacial score (nSPS) is 20.4. The number of benzene rings is 1. The molecule has 1 atom stereocenters. The Bertz CT molecular complexity index is 984. The molecule has 7 nitrogen and oxygen atoms in total. The number of amides is 1. The molecule has 2 aliphatic rings. The third kappa shape index (κ3) is 4.52. The van der Waals surface area contributed by atoms with Crippen molar-refractivity contribution in [2.75, 3.05) is 37.6 Å². The Hall–Kier alpha value is -2.39. The monoisotopic (exact) mass is 435 g/mol. The van der Waals surface area contributed by atoms with Crippen LogP contribution >= 0.6 is 0 Å². The second-order valence-corrected chi connectivity index (χ2v) is 9.74. The van der Waals surface area contributed by atoms with Gasteiger partial charge < -0.3 is 14.6 Å². The van der Waals surface area contributed by atoms with E-state index in [4.69, 9.17) is 4.42 Å². The minimum Gasteiger partial charge on any atom is -0.438 e. The van der Waals surface area contributed by atoms with Crippen molar-refractivity contribution in [2.24, 2.45) is 5.92 Å². The summed E-state index contributed by atoms with van der Waals surface area (Å²) in [6.45, 7) is 3.03. The van der Waals surface area contributed by atoms with Gasteiger partial charge in [0.25, 0.3) is 15.9 Å². The maximum absolute atomic E-state index is 13.1. The Morgan fingerprint density at radius 3 is 2.53 bits per heavy atom. The molecule has 4 rings (SSSR count). The molecule has 0 saturated carbocycles. The van der Waals surface area contributed by atoms with E-state index in [1.54, 1.807) is 12.1 Å². The minimum atomic E-state index is -3.69. The summed E-state index contributed by atoms with van der Waals surface area (Å²) in [6.07, 6.45) is 3.61. The number of hydrogen-bond donors (Lipinski definition) is 1. The molecule has 2 aliphatic heterocycles. The SMILES string of the molecule is O=C(NCC1CCN(c2ccc(F)cc2)C1)c1ccc(S(=O)(=O)N2CCCCC2)o1. The number of carbonyl (C=O) groups is 1. The molecule has 30 heavy (non-hydrogen) atoms.